The number of ether oxygens (including phenoxy) is 2. The number of rotatable bonds is 6. The van der Waals surface area contributed by atoms with Crippen molar-refractivity contribution in [2.75, 3.05) is 27.4 Å². The number of hydrogen-bond acceptors (Lipinski definition) is 4. The van der Waals surface area contributed by atoms with Crippen LogP contribution in [0.1, 0.15) is 25.7 Å². The van der Waals surface area contributed by atoms with Gasteiger partial charge in [-0.1, -0.05) is 12.8 Å². The van der Waals surface area contributed by atoms with E-state index in [4.69, 9.17) is 9.47 Å². The van der Waals surface area contributed by atoms with Crippen LogP contribution in [0.5, 0.6) is 0 Å². The minimum Gasteiger partial charge on any atom is -0.392 e. The van der Waals surface area contributed by atoms with Crippen molar-refractivity contribution in [3.8, 4) is 0 Å². The van der Waals surface area contributed by atoms with Gasteiger partial charge < -0.3 is 19.9 Å². The molecule has 0 bridgehead atoms. The SMILES string of the molecule is COCC(CN[C@H]1CCCC[C@@H]1O)OC. The van der Waals surface area contributed by atoms with E-state index < -0.39 is 0 Å². The van der Waals surface area contributed by atoms with Crippen LogP contribution in [0.4, 0.5) is 0 Å². The average Bonchev–Trinajstić information content (AvgIpc) is 2.26. The Morgan fingerprint density at radius 1 is 1.33 bits per heavy atom. The molecule has 1 fully saturated rings. The molecule has 1 aliphatic rings. The van der Waals surface area contributed by atoms with Crippen LogP contribution in [0.25, 0.3) is 0 Å². The first-order chi connectivity index (χ1) is 7.27. The van der Waals surface area contributed by atoms with Gasteiger partial charge in [0.05, 0.1) is 18.8 Å². The molecule has 90 valence electrons. The lowest BCUT2D eigenvalue weighted by molar-refractivity contribution is 0.0192. The first-order valence-corrected chi connectivity index (χ1v) is 5.71. The molecule has 0 aromatic rings. The molecule has 2 N–H and O–H groups in total. The minimum absolute atomic E-state index is 0.0733. The quantitative estimate of drug-likeness (QED) is 0.682. The molecule has 0 aliphatic heterocycles. The third-order valence-corrected chi connectivity index (χ3v) is 3.02. The van der Waals surface area contributed by atoms with Gasteiger partial charge in [-0.2, -0.15) is 0 Å². The van der Waals surface area contributed by atoms with Gasteiger partial charge >= 0.3 is 0 Å². The highest BCUT2D eigenvalue weighted by atomic mass is 16.5. The molecule has 3 atom stereocenters. The summed E-state index contributed by atoms with van der Waals surface area (Å²) >= 11 is 0. The van der Waals surface area contributed by atoms with Gasteiger partial charge in [-0.05, 0) is 12.8 Å². The van der Waals surface area contributed by atoms with E-state index >= 15 is 0 Å². The van der Waals surface area contributed by atoms with E-state index in [1.165, 1.54) is 6.42 Å². The zero-order valence-electron chi connectivity index (χ0n) is 9.74. The molecule has 0 spiro atoms. The summed E-state index contributed by atoms with van der Waals surface area (Å²) in [7, 11) is 3.35. The van der Waals surface area contributed by atoms with E-state index in [1.807, 2.05) is 0 Å². The third kappa shape index (κ3) is 4.47. The van der Waals surface area contributed by atoms with Crippen molar-refractivity contribution in [3.05, 3.63) is 0 Å². The van der Waals surface area contributed by atoms with E-state index in [0.29, 0.717) is 6.61 Å². The summed E-state index contributed by atoms with van der Waals surface area (Å²) < 4.78 is 10.3. The highest BCUT2D eigenvalue weighted by Gasteiger charge is 2.23. The molecule has 4 heteroatoms. The standard InChI is InChI=1S/C11H23NO3/c1-14-8-9(15-2)7-12-10-5-3-4-6-11(10)13/h9-13H,3-8H2,1-2H3/t9?,10-,11-/m0/s1. The van der Waals surface area contributed by atoms with Gasteiger partial charge in [-0.3, -0.25) is 0 Å². The lowest BCUT2D eigenvalue weighted by Crippen LogP contribution is -2.46. The average molecular weight is 217 g/mol. The molecule has 0 amide bonds. The molecule has 0 aromatic carbocycles. The largest absolute Gasteiger partial charge is 0.392 e. The summed E-state index contributed by atoms with van der Waals surface area (Å²) in [6.45, 7) is 1.33. The van der Waals surface area contributed by atoms with Crippen LogP contribution in [0.3, 0.4) is 0 Å². The van der Waals surface area contributed by atoms with Crippen molar-refractivity contribution in [2.45, 2.75) is 43.9 Å². The Hall–Kier alpha value is -0.160. The normalized spacial score (nSPS) is 29.0. The molecule has 15 heavy (non-hydrogen) atoms. The lowest BCUT2D eigenvalue weighted by atomic mass is 9.92. The zero-order valence-corrected chi connectivity index (χ0v) is 9.74. The fourth-order valence-corrected chi connectivity index (χ4v) is 2.03. The van der Waals surface area contributed by atoms with Crippen molar-refractivity contribution in [1.29, 1.82) is 0 Å². The monoisotopic (exact) mass is 217 g/mol. The van der Waals surface area contributed by atoms with Crippen LogP contribution >= 0.6 is 0 Å². The van der Waals surface area contributed by atoms with Gasteiger partial charge in [-0.25, -0.2) is 0 Å². The molecular formula is C11H23NO3. The van der Waals surface area contributed by atoms with Crippen LogP contribution in [-0.4, -0.2) is 50.7 Å². The lowest BCUT2D eigenvalue weighted by Gasteiger charge is -2.29. The summed E-state index contributed by atoms with van der Waals surface area (Å²) in [4.78, 5) is 0. The summed E-state index contributed by atoms with van der Waals surface area (Å²) in [6.07, 6.45) is 4.20. The summed E-state index contributed by atoms with van der Waals surface area (Å²) in [5.74, 6) is 0. The summed E-state index contributed by atoms with van der Waals surface area (Å²) in [5, 5.41) is 13.1. The molecule has 0 heterocycles. The van der Waals surface area contributed by atoms with E-state index in [0.717, 1.165) is 25.8 Å². The maximum atomic E-state index is 9.75. The number of methoxy groups -OCH3 is 2. The van der Waals surface area contributed by atoms with E-state index in [9.17, 15) is 5.11 Å². The molecule has 4 nitrogen and oxygen atoms in total. The number of hydrogen-bond donors (Lipinski definition) is 2. The molecule has 0 aromatic heterocycles. The highest BCUT2D eigenvalue weighted by Crippen LogP contribution is 2.18. The molecule has 0 saturated heterocycles. The minimum atomic E-state index is -0.196. The summed E-state index contributed by atoms with van der Waals surface area (Å²) in [6, 6.07) is 0.230. The fourth-order valence-electron chi connectivity index (χ4n) is 2.03. The summed E-state index contributed by atoms with van der Waals surface area (Å²) in [5.41, 5.74) is 0. The number of nitrogens with one attached hydrogen (secondary N) is 1. The van der Waals surface area contributed by atoms with Crippen molar-refractivity contribution in [2.24, 2.45) is 0 Å². The van der Waals surface area contributed by atoms with Crippen LogP contribution in [0.2, 0.25) is 0 Å². The Bertz CT molecular complexity index is 166. The van der Waals surface area contributed by atoms with Gasteiger partial charge in [0.25, 0.3) is 0 Å². The predicted octanol–water partition coefficient (Wildman–Crippen LogP) is 0.541. The van der Waals surface area contributed by atoms with Gasteiger partial charge in [0, 0.05) is 26.8 Å². The van der Waals surface area contributed by atoms with Crippen molar-refractivity contribution in [1.82, 2.24) is 5.32 Å². The molecule has 1 saturated carbocycles. The second kappa shape index (κ2) is 7.17. The van der Waals surface area contributed by atoms with Crippen molar-refractivity contribution >= 4 is 0 Å². The Kier molecular flexibility index (Phi) is 6.17. The van der Waals surface area contributed by atoms with Crippen LogP contribution in [-0.2, 0) is 9.47 Å². The molecular weight excluding hydrogens is 194 g/mol. The Morgan fingerprint density at radius 2 is 2.07 bits per heavy atom. The maximum Gasteiger partial charge on any atom is 0.0928 e. The van der Waals surface area contributed by atoms with Crippen LogP contribution in [0, 0.1) is 0 Å². The first-order valence-electron chi connectivity index (χ1n) is 5.71. The van der Waals surface area contributed by atoms with E-state index in [1.54, 1.807) is 14.2 Å². The molecule has 1 rings (SSSR count). The van der Waals surface area contributed by atoms with Crippen molar-refractivity contribution < 1.29 is 14.6 Å². The third-order valence-electron chi connectivity index (χ3n) is 3.02. The maximum absolute atomic E-state index is 9.75. The number of aliphatic hydroxyl groups excluding tert-OH is 1. The highest BCUT2D eigenvalue weighted by molar-refractivity contribution is 4.81. The smallest absolute Gasteiger partial charge is 0.0928 e. The predicted molar refractivity (Wildman–Crippen MR) is 58.9 cm³/mol. The molecule has 1 aliphatic carbocycles. The fraction of sp³-hybridized carbons (Fsp3) is 1.00. The topological polar surface area (TPSA) is 50.7 Å². The van der Waals surface area contributed by atoms with Crippen molar-refractivity contribution in [3.63, 3.8) is 0 Å². The second-order valence-corrected chi connectivity index (χ2v) is 4.18. The Balaban J connectivity index is 2.21. The Labute approximate surface area is 92.0 Å². The second-order valence-electron chi connectivity index (χ2n) is 4.18. The molecule has 0 radical (unpaired) electrons. The van der Waals surface area contributed by atoms with Crippen LogP contribution < -0.4 is 5.32 Å². The van der Waals surface area contributed by atoms with Gasteiger partial charge in [0.15, 0.2) is 0 Å². The van der Waals surface area contributed by atoms with Crippen LogP contribution in [0.15, 0.2) is 0 Å². The molecule has 1 unspecified atom stereocenters. The van der Waals surface area contributed by atoms with Gasteiger partial charge in [0.2, 0.25) is 0 Å². The number of aliphatic hydroxyl groups is 1. The van der Waals surface area contributed by atoms with E-state index in [-0.39, 0.29) is 18.2 Å². The Morgan fingerprint density at radius 3 is 2.67 bits per heavy atom. The first kappa shape index (κ1) is 12.9. The zero-order chi connectivity index (χ0) is 11.1. The van der Waals surface area contributed by atoms with Gasteiger partial charge in [0.1, 0.15) is 0 Å². The van der Waals surface area contributed by atoms with Gasteiger partial charge in [-0.15, -0.1) is 0 Å². The van der Waals surface area contributed by atoms with E-state index in [2.05, 4.69) is 5.32 Å².